The molecule has 0 radical (unpaired) electrons. The first-order valence-electron chi connectivity index (χ1n) is 7.27. The molecule has 3 N–H and O–H groups in total. The zero-order valence-electron chi connectivity index (χ0n) is 13.1. The smallest absolute Gasteiger partial charge is 0.269 e. The van der Waals surface area contributed by atoms with E-state index in [-0.39, 0.29) is 22.9 Å². The molecule has 0 heterocycles. The summed E-state index contributed by atoms with van der Waals surface area (Å²) in [5.74, 6) is -1.27. The highest BCUT2D eigenvalue weighted by Gasteiger charge is 2.20. The van der Waals surface area contributed by atoms with Crippen LogP contribution in [0.4, 0.5) is 4.39 Å². The summed E-state index contributed by atoms with van der Waals surface area (Å²) in [5, 5.41) is 0. The molecule has 2 rings (SSSR count). The number of rotatable bonds is 9. The Bertz CT molecular complexity index is 816. The second kappa shape index (κ2) is 8.84. The van der Waals surface area contributed by atoms with Crippen LogP contribution in [0.3, 0.4) is 0 Å². The molecule has 2 aromatic rings. The van der Waals surface area contributed by atoms with E-state index in [1.165, 1.54) is 30.3 Å². The molecule has 0 aromatic heterocycles. The molecular formula is C16H17FN2O4S2. The maximum absolute atomic E-state index is 13.6. The van der Waals surface area contributed by atoms with Gasteiger partial charge in [0.15, 0.2) is 11.6 Å². The lowest BCUT2D eigenvalue weighted by Gasteiger charge is -2.16. The maximum Gasteiger partial charge on any atom is 0.269 e. The van der Waals surface area contributed by atoms with Gasteiger partial charge in [-0.05, 0) is 24.3 Å². The Kier molecular flexibility index (Phi) is 6.80. The average Bonchev–Trinajstić information content (AvgIpc) is 2.59. The number of thioether (sulfide) groups is 1. The molecule has 0 aliphatic heterocycles. The van der Waals surface area contributed by atoms with Crippen molar-refractivity contribution in [2.24, 2.45) is 5.73 Å². The molecule has 6 nitrogen and oxygen atoms in total. The van der Waals surface area contributed by atoms with Gasteiger partial charge in [0.05, 0.1) is 4.90 Å². The Balaban J connectivity index is 1.88. The number of carbonyl (C=O) groups is 1. The van der Waals surface area contributed by atoms with Gasteiger partial charge in [-0.25, -0.2) is 17.5 Å². The van der Waals surface area contributed by atoms with E-state index in [4.69, 9.17) is 10.5 Å². The second-order valence-corrected chi connectivity index (χ2v) is 7.80. The SMILES string of the molecule is NC(=O)C(Oc1ccccc1F)SCCNS(=O)(=O)c1ccccc1. The summed E-state index contributed by atoms with van der Waals surface area (Å²) in [5.41, 5.74) is 4.12. The van der Waals surface area contributed by atoms with Gasteiger partial charge in [0.2, 0.25) is 15.5 Å². The lowest BCUT2D eigenvalue weighted by molar-refractivity contribution is -0.121. The van der Waals surface area contributed by atoms with Crippen molar-refractivity contribution in [3.63, 3.8) is 0 Å². The summed E-state index contributed by atoms with van der Waals surface area (Å²) in [6.07, 6.45) is 0. The number of benzene rings is 2. The van der Waals surface area contributed by atoms with Crippen molar-refractivity contribution in [1.82, 2.24) is 4.72 Å². The molecule has 9 heteroatoms. The number of ether oxygens (including phenoxy) is 1. The van der Waals surface area contributed by atoms with Crippen LogP contribution in [0.5, 0.6) is 5.75 Å². The highest BCUT2D eigenvalue weighted by Crippen LogP contribution is 2.21. The number of hydrogen-bond acceptors (Lipinski definition) is 5. The summed E-state index contributed by atoms with van der Waals surface area (Å²) < 4.78 is 45.3. The van der Waals surface area contributed by atoms with Gasteiger partial charge >= 0.3 is 0 Å². The van der Waals surface area contributed by atoms with Gasteiger partial charge in [-0.15, -0.1) is 11.8 Å². The summed E-state index contributed by atoms with van der Waals surface area (Å²) in [7, 11) is -3.62. The van der Waals surface area contributed by atoms with Gasteiger partial charge in [-0.2, -0.15) is 0 Å². The third kappa shape index (κ3) is 5.73. The molecule has 1 atom stereocenters. The van der Waals surface area contributed by atoms with Crippen LogP contribution in [0.15, 0.2) is 59.5 Å². The normalized spacial score (nSPS) is 12.5. The predicted octanol–water partition coefficient (Wildman–Crippen LogP) is 1.73. The highest BCUT2D eigenvalue weighted by molar-refractivity contribution is 8.00. The minimum Gasteiger partial charge on any atom is -0.467 e. The van der Waals surface area contributed by atoms with Crippen molar-refractivity contribution >= 4 is 27.7 Å². The van der Waals surface area contributed by atoms with E-state index in [2.05, 4.69) is 4.72 Å². The number of carbonyl (C=O) groups excluding carboxylic acids is 1. The number of primary amides is 1. The molecule has 0 aliphatic rings. The molecule has 0 fully saturated rings. The van der Waals surface area contributed by atoms with Crippen molar-refractivity contribution in [1.29, 1.82) is 0 Å². The van der Waals surface area contributed by atoms with Crippen LogP contribution < -0.4 is 15.2 Å². The quantitative estimate of drug-likeness (QED) is 0.507. The zero-order valence-corrected chi connectivity index (χ0v) is 14.7. The van der Waals surface area contributed by atoms with Crippen LogP contribution in [0.2, 0.25) is 0 Å². The fraction of sp³-hybridized carbons (Fsp3) is 0.188. The third-order valence-corrected chi connectivity index (χ3v) is 5.57. The fourth-order valence-electron chi connectivity index (χ4n) is 1.85. The van der Waals surface area contributed by atoms with Gasteiger partial charge in [0.25, 0.3) is 5.91 Å². The number of halogens is 1. The molecular weight excluding hydrogens is 367 g/mol. The molecule has 0 aliphatic carbocycles. The van der Waals surface area contributed by atoms with Crippen molar-refractivity contribution in [3.8, 4) is 5.75 Å². The van der Waals surface area contributed by atoms with Crippen LogP contribution in [0.1, 0.15) is 0 Å². The summed E-state index contributed by atoms with van der Waals surface area (Å²) in [4.78, 5) is 11.6. The first-order valence-corrected chi connectivity index (χ1v) is 9.80. The first kappa shape index (κ1) is 19.2. The average molecular weight is 384 g/mol. The van der Waals surface area contributed by atoms with Crippen LogP contribution >= 0.6 is 11.8 Å². The Labute approximate surface area is 149 Å². The Morgan fingerprint density at radius 1 is 1.16 bits per heavy atom. The number of sulfonamides is 1. The highest BCUT2D eigenvalue weighted by atomic mass is 32.2. The third-order valence-electron chi connectivity index (χ3n) is 3.02. The van der Waals surface area contributed by atoms with Gasteiger partial charge in [-0.3, -0.25) is 4.79 Å². The van der Waals surface area contributed by atoms with E-state index in [0.717, 1.165) is 11.8 Å². The Morgan fingerprint density at radius 3 is 2.44 bits per heavy atom. The lowest BCUT2D eigenvalue weighted by Crippen LogP contribution is -2.33. The van der Waals surface area contributed by atoms with Crippen LogP contribution in [0, 0.1) is 5.82 Å². The van der Waals surface area contributed by atoms with E-state index in [0.29, 0.717) is 0 Å². The molecule has 2 aromatic carbocycles. The van der Waals surface area contributed by atoms with E-state index in [1.54, 1.807) is 24.3 Å². The number of amides is 1. The second-order valence-electron chi connectivity index (χ2n) is 4.86. The van der Waals surface area contributed by atoms with Crippen molar-refractivity contribution in [2.45, 2.75) is 10.3 Å². The number of hydrogen-bond donors (Lipinski definition) is 2. The molecule has 25 heavy (non-hydrogen) atoms. The number of para-hydroxylation sites is 1. The summed E-state index contributed by atoms with van der Waals surface area (Å²) in [6.45, 7) is 0.0618. The fourth-order valence-corrected chi connectivity index (χ4v) is 3.81. The number of nitrogens with two attached hydrogens (primary N) is 1. The Morgan fingerprint density at radius 2 is 1.80 bits per heavy atom. The molecule has 0 bridgehead atoms. The molecule has 0 spiro atoms. The van der Waals surface area contributed by atoms with Crippen LogP contribution in [-0.4, -0.2) is 32.1 Å². The standard InChI is InChI=1S/C16H17FN2O4S2/c17-13-8-4-5-9-14(13)23-16(15(18)20)24-11-10-19-25(21,22)12-6-2-1-3-7-12/h1-9,16,19H,10-11H2,(H2,18,20). The van der Waals surface area contributed by atoms with Crippen molar-refractivity contribution in [3.05, 3.63) is 60.4 Å². The zero-order chi connectivity index (χ0) is 18.3. The van der Waals surface area contributed by atoms with Crippen molar-refractivity contribution in [2.75, 3.05) is 12.3 Å². The van der Waals surface area contributed by atoms with E-state index >= 15 is 0 Å². The topological polar surface area (TPSA) is 98.5 Å². The minimum absolute atomic E-state index is 0.0618. The maximum atomic E-state index is 13.6. The summed E-state index contributed by atoms with van der Waals surface area (Å²) in [6, 6.07) is 13.5. The van der Waals surface area contributed by atoms with Crippen LogP contribution in [0.25, 0.3) is 0 Å². The number of nitrogens with one attached hydrogen (secondary N) is 1. The largest absolute Gasteiger partial charge is 0.467 e. The molecule has 1 amide bonds. The summed E-state index contributed by atoms with van der Waals surface area (Å²) >= 11 is 0.979. The van der Waals surface area contributed by atoms with E-state index < -0.39 is 27.2 Å². The van der Waals surface area contributed by atoms with E-state index in [1.807, 2.05) is 0 Å². The predicted molar refractivity (Wildman–Crippen MR) is 94.1 cm³/mol. The monoisotopic (exact) mass is 384 g/mol. The van der Waals surface area contributed by atoms with Crippen molar-refractivity contribution < 1.29 is 22.3 Å². The molecule has 134 valence electrons. The van der Waals surface area contributed by atoms with Gasteiger partial charge < -0.3 is 10.5 Å². The van der Waals surface area contributed by atoms with E-state index in [9.17, 15) is 17.6 Å². The van der Waals surface area contributed by atoms with Gasteiger partial charge in [-0.1, -0.05) is 30.3 Å². The van der Waals surface area contributed by atoms with Gasteiger partial charge in [0.1, 0.15) is 0 Å². The Hall–Kier alpha value is -2.10. The molecule has 0 saturated heterocycles. The molecule has 0 saturated carbocycles. The molecule has 1 unspecified atom stereocenters. The first-order chi connectivity index (χ1) is 11.9. The van der Waals surface area contributed by atoms with Gasteiger partial charge in [0, 0.05) is 12.3 Å². The minimum atomic E-state index is -3.62. The van der Waals surface area contributed by atoms with Crippen LogP contribution in [-0.2, 0) is 14.8 Å². The lowest BCUT2D eigenvalue weighted by atomic mass is 10.3.